The zero-order valence-electron chi connectivity index (χ0n) is 16.9. The zero-order valence-corrected chi connectivity index (χ0v) is 16.9. The minimum atomic E-state index is -0.778. The molecular weight excluding hydrogens is 359 g/mol. The first-order valence-corrected chi connectivity index (χ1v) is 9.69. The zero-order chi connectivity index (χ0) is 20.3. The molecule has 8 heteroatoms. The molecule has 2 aromatic heterocycles. The predicted molar refractivity (Wildman–Crippen MR) is 104 cm³/mol. The van der Waals surface area contributed by atoms with Crippen LogP contribution in [0.3, 0.4) is 0 Å². The maximum atomic E-state index is 14.1. The van der Waals surface area contributed by atoms with Crippen LogP contribution >= 0.6 is 0 Å². The summed E-state index contributed by atoms with van der Waals surface area (Å²) in [5.41, 5.74) is 0.567. The van der Waals surface area contributed by atoms with Gasteiger partial charge in [-0.25, -0.2) is 4.98 Å². The highest BCUT2D eigenvalue weighted by molar-refractivity contribution is 5.55. The molecule has 0 aromatic carbocycles. The number of hydrogen-bond donors (Lipinski definition) is 1. The molecule has 0 atom stereocenters. The summed E-state index contributed by atoms with van der Waals surface area (Å²) >= 11 is 0. The predicted octanol–water partition coefficient (Wildman–Crippen LogP) is 4.33. The van der Waals surface area contributed by atoms with E-state index >= 15 is 0 Å². The van der Waals surface area contributed by atoms with Gasteiger partial charge in [-0.05, 0) is 45.4 Å². The number of nitrogens with zero attached hydrogens (tertiary/aromatic N) is 5. The summed E-state index contributed by atoms with van der Waals surface area (Å²) in [5, 5.41) is 16.7. The molecule has 150 valence electrons. The van der Waals surface area contributed by atoms with Crippen molar-refractivity contribution < 1.29 is 9.13 Å². The van der Waals surface area contributed by atoms with Gasteiger partial charge in [0.15, 0.2) is 0 Å². The highest BCUT2D eigenvalue weighted by Crippen LogP contribution is 2.29. The molecule has 0 saturated heterocycles. The van der Waals surface area contributed by atoms with Gasteiger partial charge in [-0.15, -0.1) is 0 Å². The number of rotatable bonds is 6. The SMILES string of the molecule is Cc1nn(C(C)(C)C#N)cc1Nc1ncc(F)c(OC[C@H]2CC[C@@H](C)CC2)n1. The van der Waals surface area contributed by atoms with Gasteiger partial charge in [-0.1, -0.05) is 19.8 Å². The lowest BCUT2D eigenvalue weighted by Gasteiger charge is -2.25. The normalized spacial score (nSPS) is 19.9. The molecule has 2 aromatic rings. The molecule has 3 rings (SSSR count). The number of hydrogen-bond acceptors (Lipinski definition) is 6. The van der Waals surface area contributed by atoms with Gasteiger partial charge in [-0.2, -0.15) is 19.7 Å². The van der Waals surface area contributed by atoms with E-state index in [1.165, 1.54) is 12.8 Å². The van der Waals surface area contributed by atoms with E-state index in [0.29, 0.717) is 23.9 Å². The highest BCUT2D eigenvalue weighted by atomic mass is 19.1. The van der Waals surface area contributed by atoms with Gasteiger partial charge < -0.3 is 10.1 Å². The van der Waals surface area contributed by atoms with E-state index in [1.807, 2.05) is 6.92 Å². The van der Waals surface area contributed by atoms with Crippen molar-refractivity contribution in [2.45, 2.75) is 58.9 Å². The van der Waals surface area contributed by atoms with Crippen molar-refractivity contribution in [2.75, 3.05) is 11.9 Å². The van der Waals surface area contributed by atoms with Crippen LogP contribution in [0.1, 0.15) is 52.1 Å². The molecule has 0 spiro atoms. The van der Waals surface area contributed by atoms with Crippen LogP contribution < -0.4 is 10.1 Å². The topological polar surface area (TPSA) is 88.7 Å². The van der Waals surface area contributed by atoms with Crippen molar-refractivity contribution in [1.82, 2.24) is 19.7 Å². The summed E-state index contributed by atoms with van der Waals surface area (Å²) in [4.78, 5) is 8.17. The Balaban J connectivity index is 1.69. The first-order chi connectivity index (χ1) is 13.3. The quantitative estimate of drug-likeness (QED) is 0.795. The molecule has 1 aliphatic carbocycles. The van der Waals surface area contributed by atoms with Crippen LogP contribution in [-0.4, -0.2) is 26.4 Å². The molecule has 1 saturated carbocycles. The van der Waals surface area contributed by atoms with Crippen LogP contribution in [0.4, 0.5) is 16.0 Å². The molecule has 1 fully saturated rings. The fourth-order valence-corrected chi connectivity index (χ4v) is 3.25. The third-order valence-electron chi connectivity index (χ3n) is 5.29. The van der Waals surface area contributed by atoms with Gasteiger partial charge in [-0.3, -0.25) is 4.68 Å². The first-order valence-electron chi connectivity index (χ1n) is 9.69. The maximum absolute atomic E-state index is 14.1. The Morgan fingerprint density at radius 3 is 2.75 bits per heavy atom. The minimum absolute atomic E-state index is 0.0430. The van der Waals surface area contributed by atoms with Gasteiger partial charge in [0, 0.05) is 0 Å². The molecule has 0 aliphatic heterocycles. The molecule has 0 amide bonds. The molecule has 0 bridgehead atoms. The Hall–Kier alpha value is -2.69. The molecule has 7 nitrogen and oxygen atoms in total. The number of anilines is 2. The van der Waals surface area contributed by atoms with Crippen molar-refractivity contribution >= 4 is 11.6 Å². The van der Waals surface area contributed by atoms with E-state index in [-0.39, 0.29) is 11.8 Å². The van der Waals surface area contributed by atoms with Crippen LogP contribution in [0.2, 0.25) is 0 Å². The van der Waals surface area contributed by atoms with E-state index in [9.17, 15) is 9.65 Å². The van der Waals surface area contributed by atoms with Gasteiger partial charge >= 0.3 is 0 Å². The molecule has 2 heterocycles. The number of aryl methyl sites for hydroxylation is 1. The third kappa shape index (κ3) is 4.58. The van der Waals surface area contributed by atoms with E-state index in [2.05, 4.69) is 33.4 Å². The number of ether oxygens (including phenoxy) is 1. The Labute approximate surface area is 164 Å². The van der Waals surface area contributed by atoms with Crippen LogP contribution in [0.25, 0.3) is 0 Å². The minimum Gasteiger partial charge on any atom is -0.475 e. The molecule has 1 N–H and O–H groups in total. The van der Waals surface area contributed by atoms with Gasteiger partial charge in [0.1, 0.15) is 5.54 Å². The largest absolute Gasteiger partial charge is 0.475 e. The van der Waals surface area contributed by atoms with E-state index in [1.54, 1.807) is 24.7 Å². The standard InChI is InChI=1S/C20H27FN6O/c1-13-5-7-15(8-6-13)11-28-18-16(21)9-23-19(25-18)24-17-10-27(26-14(17)2)20(3,4)12-22/h9-10,13,15H,5-8,11H2,1-4H3,(H,23,24,25)/t13-,15+. The van der Waals surface area contributed by atoms with Crippen molar-refractivity contribution in [3.8, 4) is 11.9 Å². The monoisotopic (exact) mass is 386 g/mol. The average Bonchev–Trinajstić information content (AvgIpc) is 3.05. The number of nitrogens with one attached hydrogen (secondary N) is 1. The summed E-state index contributed by atoms with van der Waals surface area (Å²) in [6.45, 7) is 8.09. The highest BCUT2D eigenvalue weighted by Gasteiger charge is 2.23. The second-order valence-electron chi connectivity index (χ2n) is 8.15. The van der Waals surface area contributed by atoms with Crippen molar-refractivity contribution in [2.24, 2.45) is 11.8 Å². The lowest BCUT2D eigenvalue weighted by atomic mass is 9.83. The lowest BCUT2D eigenvalue weighted by molar-refractivity contribution is 0.178. The fourth-order valence-electron chi connectivity index (χ4n) is 3.25. The fraction of sp³-hybridized carbons (Fsp3) is 0.600. The number of nitriles is 1. The van der Waals surface area contributed by atoms with Gasteiger partial charge in [0.25, 0.3) is 5.88 Å². The lowest BCUT2D eigenvalue weighted by Crippen LogP contribution is -2.24. The summed E-state index contributed by atoms with van der Waals surface area (Å²) in [6, 6.07) is 2.20. The maximum Gasteiger partial charge on any atom is 0.255 e. The van der Waals surface area contributed by atoms with Crippen LogP contribution in [-0.2, 0) is 5.54 Å². The van der Waals surface area contributed by atoms with Crippen molar-refractivity contribution in [3.63, 3.8) is 0 Å². The Bertz CT molecular complexity index is 864. The van der Waals surface area contributed by atoms with Crippen LogP contribution in [0, 0.1) is 35.9 Å². The van der Waals surface area contributed by atoms with Crippen LogP contribution in [0.15, 0.2) is 12.4 Å². The van der Waals surface area contributed by atoms with Gasteiger partial charge in [0.2, 0.25) is 11.8 Å². The number of aromatic nitrogens is 4. The summed E-state index contributed by atoms with van der Waals surface area (Å²) < 4.78 is 21.3. The Morgan fingerprint density at radius 2 is 2.07 bits per heavy atom. The van der Waals surface area contributed by atoms with E-state index < -0.39 is 11.4 Å². The Morgan fingerprint density at radius 1 is 1.36 bits per heavy atom. The summed E-state index contributed by atoms with van der Waals surface area (Å²) in [6.07, 6.45) is 7.41. The molecule has 0 radical (unpaired) electrons. The van der Waals surface area contributed by atoms with Crippen molar-refractivity contribution in [1.29, 1.82) is 5.26 Å². The molecule has 1 aliphatic rings. The molecular formula is C20H27FN6O. The molecule has 28 heavy (non-hydrogen) atoms. The second-order valence-corrected chi connectivity index (χ2v) is 8.15. The summed E-state index contributed by atoms with van der Waals surface area (Å²) in [5.74, 6) is 0.811. The van der Waals surface area contributed by atoms with Crippen molar-refractivity contribution in [3.05, 3.63) is 23.9 Å². The molecule has 0 unspecified atom stereocenters. The van der Waals surface area contributed by atoms with E-state index in [0.717, 1.165) is 25.0 Å². The van der Waals surface area contributed by atoms with E-state index in [4.69, 9.17) is 4.74 Å². The third-order valence-corrected chi connectivity index (χ3v) is 5.29. The first kappa shape index (κ1) is 20.1. The Kier molecular flexibility index (Phi) is 5.82. The number of halogens is 1. The van der Waals surface area contributed by atoms with Crippen LogP contribution in [0.5, 0.6) is 5.88 Å². The second kappa shape index (κ2) is 8.13. The summed E-state index contributed by atoms with van der Waals surface area (Å²) in [7, 11) is 0. The van der Waals surface area contributed by atoms with Gasteiger partial charge in [0.05, 0.1) is 36.5 Å². The smallest absolute Gasteiger partial charge is 0.255 e. The average molecular weight is 386 g/mol.